The fraction of sp³-hybridized carbons (Fsp3) is 0.474. The Morgan fingerprint density at radius 3 is 2.73 bits per heavy atom. The summed E-state index contributed by atoms with van der Waals surface area (Å²) >= 11 is 0. The van der Waals surface area contributed by atoms with E-state index in [4.69, 9.17) is 26.2 Å². The van der Waals surface area contributed by atoms with Crippen LogP contribution in [0.1, 0.15) is 31.2 Å². The molecule has 0 unspecified atom stereocenters. The van der Waals surface area contributed by atoms with Gasteiger partial charge in [-0.15, -0.1) is 0 Å². The van der Waals surface area contributed by atoms with Crippen LogP contribution in [-0.2, 0) is 21.1 Å². The highest BCUT2D eigenvalue weighted by Gasteiger charge is 2.47. The number of benzene rings is 1. The highest BCUT2D eigenvalue weighted by Crippen LogP contribution is 2.30. The monoisotopic (exact) mass is 417 g/mol. The molecule has 11 heteroatoms. The van der Waals surface area contributed by atoms with Crippen molar-refractivity contribution < 1.29 is 19.3 Å². The summed E-state index contributed by atoms with van der Waals surface area (Å²) in [5, 5.41) is 19.2. The maximum Gasteiger partial charge on any atom is 0.344 e. The first-order valence-corrected chi connectivity index (χ1v) is 9.82. The van der Waals surface area contributed by atoms with Gasteiger partial charge in [-0.1, -0.05) is 30.3 Å². The van der Waals surface area contributed by atoms with Crippen LogP contribution in [0.4, 0.5) is 4.79 Å². The van der Waals surface area contributed by atoms with Crippen LogP contribution in [0.3, 0.4) is 0 Å². The van der Waals surface area contributed by atoms with Crippen molar-refractivity contribution in [2.45, 2.75) is 44.4 Å². The van der Waals surface area contributed by atoms with Crippen LogP contribution in [0, 0.1) is 10.8 Å². The van der Waals surface area contributed by atoms with Gasteiger partial charge in [0.25, 0.3) is 0 Å². The SMILES string of the molecule is N=C(N)NOCCCC(=O)NC(=N)[C@@H]1CC[C@@H]2CN1C(=O)N2OCc1ccccc1. The van der Waals surface area contributed by atoms with Crippen LogP contribution in [0.25, 0.3) is 0 Å². The zero-order chi connectivity index (χ0) is 21.5. The third kappa shape index (κ3) is 5.45. The fourth-order valence-electron chi connectivity index (χ4n) is 3.55. The molecule has 2 heterocycles. The standard InChI is InChI=1S/C19H27N7O4/c20-17(23-16(27)7-4-10-29-24-18(21)22)15-9-8-14-11-25(15)19(28)26(14)30-12-13-5-2-1-3-6-13/h1-3,5-6,14-15H,4,7-12H2,(H2,20,23,27)(H4,21,22,24)/t14-,15+/m1/s1. The number of hydrogen-bond acceptors (Lipinski definition) is 6. The van der Waals surface area contributed by atoms with Gasteiger partial charge < -0.3 is 16.0 Å². The number of rotatable bonds is 9. The molecule has 3 amide bonds. The van der Waals surface area contributed by atoms with Gasteiger partial charge in [0.2, 0.25) is 11.9 Å². The fourth-order valence-corrected chi connectivity index (χ4v) is 3.55. The van der Waals surface area contributed by atoms with Crippen LogP contribution in [0.2, 0.25) is 0 Å². The number of hydroxylamine groups is 3. The molecule has 3 rings (SSSR count). The molecule has 0 spiro atoms. The number of nitrogens with one attached hydrogen (secondary N) is 4. The van der Waals surface area contributed by atoms with Gasteiger partial charge in [0.05, 0.1) is 18.7 Å². The van der Waals surface area contributed by atoms with E-state index in [1.54, 1.807) is 4.90 Å². The number of guanidine groups is 1. The number of piperidine rings is 1. The second-order valence-corrected chi connectivity index (χ2v) is 7.20. The Bertz CT molecular complexity index is 788. The van der Waals surface area contributed by atoms with E-state index in [2.05, 4.69) is 10.8 Å². The van der Waals surface area contributed by atoms with Crippen molar-refractivity contribution in [2.75, 3.05) is 13.2 Å². The van der Waals surface area contributed by atoms with E-state index in [0.29, 0.717) is 32.4 Å². The smallest absolute Gasteiger partial charge is 0.344 e. The van der Waals surface area contributed by atoms with E-state index >= 15 is 0 Å². The molecule has 1 aromatic rings. The molecule has 2 fully saturated rings. The minimum Gasteiger partial charge on any atom is -0.368 e. The highest BCUT2D eigenvalue weighted by atomic mass is 16.7. The summed E-state index contributed by atoms with van der Waals surface area (Å²) in [5.41, 5.74) is 8.24. The average Bonchev–Trinajstić information content (AvgIpc) is 2.96. The van der Waals surface area contributed by atoms with Gasteiger partial charge in [0.1, 0.15) is 12.4 Å². The van der Waals surface area contributed by atoms with E-state index < -0.39 is 6.04 Å². The number of carbonyl (C=O) groups is 2. The number of hydrogen-bond donors (Lipinski definition) is 5. The molecule has 2 aliphatic heterocycles. The van der Waals surface area contributed by atoms with Crippen molar-refractivity contribution in [1.82, 2.24) is 20.8 Å². The Kier molecular flexibility index (Phi) is 7.20. The molecule has 11 nitrogen and oxygen atoms in total. The van der Waals surface area contributed by atoms with Crippen LogP contribution < -0.4 is 16.5 Å². The van der Waals surface area contributed by atoms with Crippen LogP contribution >= 0.6 is 0 Å². The lowest BCUT2D eigenvalue weighted by atomic mass is 10.00. The first-order chi connectivity index (χ1) is 14.5. The van der Waals surface area contributed by atoms with Crippen molar-refractivity contribution in [3.63, 3.8) is 0 Å². The second-order valence-electron chi connectivity index (χ2n) is 7.20. The van der Waals surface area contributed by atoms with E-state index in [0.717, 1.165) is 5.56 Å². The van der Waals surface area contributed by atoms with Crippen molar-refractivity contribution in [1.29, 1.82) is 10.8 Å². The Hall–Kier alpha value is -3.18. The molecule has 2 bridgehead atoms. The summed E-state index contributed by atoms with van der Waals surface area (Å²) in [4.78, 5) is 37.1. The second kappa shape index (κ2) is 10.0. The summed E-state index contributed by atoms with van der Waals surface area (Å²) < 4.78 is 0. The average molecular weight is 417 g/mol. The van der Waals surface area contributed by atoms with Crippen molar-refractivity contribution >= 4 is 23.7 Å². The number of carbonyl (C=O) groups excluding carboxylic acids is 2. The first kappa shape index (κ1) is 21.5. The molecule has 1 aromatic carbocycles. The summed E-state index contributed by atoms with van der Waals surface area (Å²) in [6.07, 6.45) is 1.84. The molecule has 162 valence electrons. The largest absolute Gasteiger partial charge is 0.368 e. The topological polar surface area (TPSA) is 157 Å². The van der Waals surface area contributed by atoms with Gasteiger partial charge in [-0.3, -0.25) is 25.3 Å². The van der Waals surface area contributed by atoms with Crippen molar-refractivity contribution in [3.05, 3.63) is 35.9 Å². The normalized spacial score (nSPS) is 20.2. The quantitative estimate of drug-likeness (QED) is 0.172. The zero-order valence-electron chi connectivity index (χ0n) is 16.6. The Morgan fingerprint density at radius 2 is 2.00 bits per heavy atom. The lowest BCUT2D eigenvalue weighted by molar-refractivity contribution is -0.140. The minimum absolute atomic E-state index is 0.0134. The third-order valence-corrected chi connectivity index (χ3v) is 4.98. The summed E-state index contributed by atoms with van der Waals surface area (Å²) in [7, 11) is 0. The predicted molar refractivity (Wildman–Crippen MR) is 108 cm³/mol. The molecular weight excluding hydrogens is 390 g/mol. The number of fused-ring (bicyclic) bond motifs is 2. The molecule has 2 atom stereocenters. The van der Waals surface area contributed by atoms with E-state index in [1.807, 2.05) is 30.3 Å². The zero-order valence-corrected chi connectivity index (χ0v) is 16.6. The predicted octanol–water partition coefficient (Wildman–Crippen LogP) is 0.675. The molecule has 30 heavy (non-hydrogen) atoms. The molecule has 0 aliphatic carbocycles. The third-order valence-electron chi connectivity index (χ3n) is 4.98. The molecule has 0 radical (unpaired) electrons. The number of urea groups is 1. The van der Waals surface area contributed by atoms with Crippen LogP contribution in [-0.4, -0.2) is 58.9 Å². The Balaban J connectivity index is 1.45. The summed E-state index contributed by atoms with van der Waals surface area (Å²) in [6.45, 7) is 0.973. The first-order valence-electron chi connectivity index (χ1n) is 9.82. The minimum atomic E-state index is -0.473. The van der Waals surface area contributed by atoms with Gasteiger partial charge in [0.15, 0.2) is 0 Å². The maximum atomic E-state index is 12.8. The summed E-state index contributed by atoms with van der Waals surface area (Å²) in [6, 6.07) is 8.82. The van der Waals surface area contributed by atoms with Gasteiger partial charge >= 0.3 is 6.03 Å². The molecular formula is C19H27N7O4. The molecule has 2 aliphatic rings. The molecule has 0 saturated carbocycles. The van der Waals surface area contributed by atoms with Gasteiger partial charge in [-0.25, -0.2) is 10.3 Å². The van der Waals surface area contributed by atoms with E-state index in [1.165, 1.54) is 5.06 Å². The van der Waals surface area contributed by atoms with Gasteiger partial charge in [0, 0.05) is 13.0 Å². The lowest BCUT2D eigenvalue weighted by Crippen LogP contribution is -2.50. The maximum absolute atomic E-state index is 12.8. The number of amidine groups is 1. The molecule has 0 aromatic heterocycles. The molecule has 2 saturated heterocycles. The number of nitrogens with two attached hydrogens (primary N) is 1. The Labute approximate surface area is 174 Å². The van der Waals surface area contributed by atoms with E-state index in [-0.39, 0.29) is 42.8 Å². The van der Waals surface area contributed by atoms with Crippen LogP contribution in [0.15, 0.2) is 30.3 Å². The van der Waals surface area contributed by atoms with Gasteiger partial charge in [-0.05, 0) is 24.8 Å². The van der Waals surface area contributed by atoms with Crippen molar-refractivity contribution in [3.8, 4) is 0 Å². The van der Waals surface area contributed by atoms with Crippen LogP contribution in [0.5, 0.6) is 0 Å². The number of nitrogens with zero attached hydrogens (tertiary/aromatic N) is 2. The van der Waals surface area contributed by atoms with E-state index in [9.17, 15) is 9.59 Å². The van der Waals surface area contributed by atoms with Gasteiger partial charge in [-0.2, -0.15) is 5.06 Å². The highest BCUT2D eigenvalue weighted by molar-refractivity contribution is 6.01. The Morgan fingerprint density at radius 1 is 1.23 bits per heavy atom. The summed E-state index contributed by atoms with van der Waals surface area (Å²) in [5.74, 6) is -0.620. The number of amides is 3. The molecule has 6 N–H and O–H groups in total. The van der Waals surface area contributed by atoms with Crippen molar-refractivity contribution in [2.24, 2.45) is 5.73 Å². The lowest BCUT2D eigenvalue weighted by Gasteiger charge is -2.30.